The van der Waals surface area contributed by atoms with Gasteiger partial charge in [0.05, 0.1) is 25.2 Å². The molecule has 2 fully saturated rings. The number of piperazine rings is 1. The minimum atomic E-state index is -0.559. The Kier molecular flexibility index (Phi) is 9.52. The van der Waals surface area contributed by atoms with E-state index in [1.54, 1.807) is 21.9 Å². The summed E-state index contributed by atoms with van der Waals surface area (Å²) in [4.78, 5) is 70.9. The number of ether oxygens (including phenoxy) is 2. The van der Waals surface area contributed by atoms with E-state index in [1.165, 1.54) is 11.0 Å². The van der Waals surface area contributed by atoms with Crippen molar-refractivity contribution in [3.05, 3.63) is 35.5 Å². The Labute approximate surface area is 232 Å². The third kappa shape index (κ3) is 7.25. The zero-order chi connectivity index (χ0) is 28.6. The molecular formula is C28H35N5O7. The molecule has 0 radical (unpaired) electrons. The first-order valence-electron chi connectivity index (χ1n) is 13.6. The van der Waals surface area contributed by atoms with Crippen molar-refractivity contribution in [2.75, 3.05) is 59.0 Å². The molecule has 0 saturated carbocycles. The van der Waals surface area contributed by atoms with Gasteiger partial charge in [-0.05, 0) is 31.0 Å². The molecule has 2 aromatic rings. The number of likely N-dealkylation sites (tertiary alicyclic amines) is 1. The smallest absolute Gasteiger partial charge is 0.409 e. The van der Waals surface area contributed by atoms with E-state index < -0.39 is 5.91 Å². The van der Waals surface area contributed by atoms with Crippen LogP contribution in [-0.2, 0) is 19.1 Å². The van der Waals surface area contributed by atoms with Crippen molar-refractivity contribution in [2.24, 2.45) is 0 Å². The quantitative estimate of drug-likeness (QED) is 0.462. The molecule has 12 heteroatoms. The number of aromatic nitrogens is 1. The maximum Gasteiger partial charge on any atom is 0.409 e. The lowest BCUT2D eigenvalue weighted by atomic mass is 10.1. The summed E-state index contributed by atoms with van der Waals surface area (Å²) in [6.45, 7) is 5.65. The average molecular weight is 554 g/mol. The zero-order valence-electron chi connectivity index (χ0n) is 22.9. The number of unbranched alkanes of at least 4 members (excludes halogenated alkanes) is 1. The highest BCUT2D eigenvalue weighted by Gasteiger charge is 2.26. The Morgan fingerprint density at radius 2 is 1.73 bits per heavy atom. The van der Waals surface area contributed by atoms with Crippen molar-refractivity contribution in [3.63, 3.8) is 0 Å². The lowest BCUT2D eigenvalue weighted by Crippen LogP contribution is -2.52. The van der Waals surface area contributed by atoms with Gasteiger partial charge in [0.25, 0.3) is 11.8 Å². The molecule has 0 atom stereocenters. The number of pyridine rings is 1. The molecule has 1 aromatic heterocycles. The first-order valence-corrected chi connectivity index (χ1v) is 13.6. The highest BCUT2D eigenvalue weighted by Crippen LogP contribution is 2.27. The summed E-state index contributed by atoms with van der Waals surface area (Å²) >= 11 is 0. The van der Waals surface area contributed by atoms with Gasteiger partial charge in [-0.2, -0.15) is 0 Å². The standard InChI is InChI=1S/C28H35N5O7/c1-3-4-13-39-28(38)32-11-9-31(10-12-32)25(35)16-29-27(37)23-15-24(21-6-5-19(2)14-22(21)30-23)40-18-26(36)33-8-7-20(34)17-33/h5-6,14-15H,3-4,7-13,16-18H2,1-2H3,(H,29,37). The van der Waals surface area contributed by atoms with Crippen molar-refractivity contribution in [3.8, 4) is 5.75 Å². The molecule has 214 valence electrons. The van der Waals surface area contributed by atoms with Gasteiger partial charge in [0, 0.05) is 50.6 Å². The van der Waals surface area contributed by atoms with Gasteiger partial charge in [-0.3, -0.25) is 19.2 Å². The van der Waals surface area contributed by atoms with Crippen LogP contribution < -0.4 is 10.1 Å². The number of carbonyl (C=O) groups is 5. The van der Waals surface area contributed by atoms with Crippen LogP contribution in [0.3, 0.4) is 0 Å². The first-order chi connectivity index (χ1) is 19.2. The predicted molar refractivity (Wildman–Crippen MR) is 145 cm³/mol. The number of ketones is 1. The Morgan fingerprint density at radius 1 is 0.975 bits per heavy atom. The van der Waals surface area contributed by atoms with Gasteiger partial charge >= 0.3 is 6.09 Å². The van der Waals surface area contributed by atoms with E-state index in [1.807, 2.05) is 19.9 Å². The number of aryl methyl sites for hydroxylation is 1. The number of hydrogen-bond acceptors (Lipinski definition) is 8. The SMILES string of the molecule is CCCCOC(=O)N1CCN(C(=O)CNC(=O)c2cc(OCC(=O)N3CCC(=O)C3)c3ccc(C)cc3n2)CC1. The Hall–Kier alpha value is -4.22. The third-order valence-corrected chi connectivity index (χ3v) is 6.91. The fourth-order valence-electron chi connectivity index (χ4n) is 4.51. The number of carbonyl (C=O) groups excluding carboxylic acids is 5. The fraction of sp³-hybridized carbons (Fsp3) is 0.500. The monoisotopic (exact) mass is 553 g/mol. The Morgan fingerprint density at radius 3 is 2.42 bits per heavy atom. The average Bonchev–Trinajstić information content (AvgIpc) is 3.40. The summed E-state index contributed by atoms with van der Waals surface area (Å²) in [6.07, 6.45) is 1.71. The number of rotatable bonds is 9. The van der Waals surface area contributed by atoms with E-state index in [2.05, 4.69) is 10.3 Å². The molecule has 0 unspecified atom stereocenters. The lowest BCUT2D eigenvalue weighted by Gasteiger charge is -2.34. The molecule has 2 aliphatic heterocycles. The van der Waals surface area contributed by atoms with E-state index in [0.717, 1.165) is 18.4 Å². The van der Waals surface area contributed by atoms with E-state index >= 15 is 0 Å². The van der Waals surface area contributed by atoms with E-state index in [0.29, 0.717) is 62.4 Å². The predicted octanol–water partition coefficient (Wildman–Crippen LogP) is 1.53. The molecule has 0 spiro atoms. The van der Waals surface area contributed by atoms with Gasteiger partial charge in [-0.1, -0.05) is 19.4 Å². The highest BCUT2D eigenvalue weighted by molar-refractivity contribution is 5.99. The highest BCUT2D eigenvalue weighted by atomic mass is 16.6. The number of fused-ring (bicyclic) bond motifs is 1. The number of amides is 4. The van der Waals surface area contributed by atoms with Gasteiger partial charge < -0.3 is 29.5 Å². The van der Waals surface area contributed by atoms with Crippen molar-refractivity contribution in [1.29, 1.82) is 0 Å². The van der Waals surface area contributed by atoms with Crippen molar-refractivity contribution in [2.45, 2.75) is 33.1 Å². The molecule has 3 heterocycles. The van der Waals surface area contributed by atoms with E-state index in [-0.39, 0.29) is 49.1 Å². The third-order valence-electron chi connectivity index (χ3n) is 6.91. The number of hydrogen-bond donors (Lipinski definition) is 1. The van der Waals surface area contributed by atoms with Crippen molar-refractivity contribution < 1.29 is 33.4 Å². The van der Waals surface area contributed by atoms with Gasteiger partial charge in [0.15, 0.2) is 12.4 Å². The van der Waals surface area contributed by atoms with Crippen molar-refractivity contribution in [1.82, 2.24) is 25.0 Å². The minimum Gasteiger partial charge on any atom is -0.483 e. The van der Waals surface area contributed by atoms with Crippen LogP contribution in [0.5, 0.6) is 5.75 Å². The summed E-state index contributed by atoms with van der Waals surface area (Å²) in [5.41, 5.74) is 1.49. The largest absolute Gasteiger partial charge is 0.483 e. The molecule has 1 N–H and O–H groups in total. The molecule has 4 amide bonds. The summed E-state index contributed by atoms with van der Waals surface area (Å²) in [5, 5.41) is 3.25. The minimum absolute atomic E-state index is 0.0125. The maximum absolute atomic E-state index is 13.0. The van der Waals surface area contributed by atoms with Crippen LogP contribution in [0.1, 0.15) is 42.2 Å². The summed E-state index contributed by atoms with van der Waals surface area (Å²) in [5.74, 6) is -0.822. The molecule has 40 heavy (non-hydrogen) atoms. The van der Waals surface area contributed by atoms with Gasteiger partial charge in [0.1, 0.15) is 11.4 Å². The van der Waals surface area contributed by atoms with Crippen molar-refractivity contribution >= 4 is 40.5 Å². The van der Waals surface area contributed by atoms with Gasteiger partial charge in [0.2, 0.25) is 5.91 Å². The second-order valence-electron chi connectivity index (χ2n) is 9.94. The summed E-state index contributed by atoms with van der Waals surface area (Å²) in [6, 6.07) is 6.93. The Bertz CT molecular complexity index is 1290. The number of nitrogens with one attached hydrogen (secondary N) is 1. The van der Waals surface area contributed by atoms with Crippen LogP contribution in [0.2, 0.25) is 0 Å². The van der Waals surface area contributed by atoms with E-state index in [4.69, 9.17) is 9.47 Å². The number of Topliss-reactive ketones (excluding diaryl/α,β-unsaturated/α-hetero) is 1. The van der Waals surface area contributed by atoms with Crippen LogP contribution in [-0.4, -0.2) is 108 Å². The van der Waals surface area contributed by atoms with Crippen LogP contribution in [0.15, 0.2) is 24.3 Å². The summed E-state index contributed by atoms with van der Waals surface area (Å²) in [7, 11) is 0. The van der Waals surface area contributed by atoms with Crippen LogP contribution in [0.25, 0.3) is 10.9 Å². The normalized spacial score (nSPS) is 15.3. The zero-order valence-corrected chi connectivity index (χ0v) is 22.9. The van der Waals surface area contributed by atoms with Gasteiger partial charge in [-0.15, -0.1) is 0 Å². The molecule has 1 aromatic carbocycles. The van der Waals surface area contributed by atoms with Crippen LogP contribution >= 0.6 is 0 Å². The Balaban J connectivity index is 1.35. The number of benzene rings is 1. The second-order valence-corrected chi connectivity index (χ2v) is 9.94. The van der Waals surface area contributed by atoms with E-state index in [9.17, 15) is 24.0 Å². The first kappa shape index (κ1) is 28.8. The molecule has 0 bridgehead atoms. The molecule has 0 aliphatic carbocycles. The summed E-state index contributed by atoms with van der Waals surface area (Å²) < 4.78 is 11.0. The van der Waals surface area contributed by atoms with Crippen LogP contribution in [0.4, 0.5) is 4.79 Å². The molecule has 2 aliphatic rings. The molecule has 4 rings (SSSR count). The van der Waals surface area contributed by atoms with Gasteiger partial charge in [-0.25, -0.2) is 9.78 Å². The topological polar surface area (TPSA) is 138 Å². The number of nitrogens with zero attached hydrogens (tertiary/aromatic N) is 4. The lowest BCUT2D eigenvalue weighted by molar-refractivity contribution is -0.133. The fourth-order valence-corrected chi connectivity index (χ4v) is 4.51. The molecular weight excluding hydrogens is 518 g/mol. The molecule has 2 saturated heterocycles. The van der Waals surface area contributed by atoms with Crippen LogP contribution in [0, 0.1) is 6.92 Å². The maximum atomic E-state index is 13.0. The molecule has 12 nitrogen and oxygen atoms in total. The second kappa shape index (κ2) is 13.2.